The second-order valence-electron chi connectivity index (χ2n) is 12.0. The second-order valence-corrected chi connectivity index (χ2v) is 12.0. The summed E-state index contributed by atoms with van der Waals surface area (Å²) in [5.41, 5.74) is 13.5. The number of fused-ring (bicyclic) bond motifs is 4. The number of imidazole rings is 4. The van der Waals surface area contributed by atoms with Gasteiger partial charge in [-0.25, -0.2) is 19.9 Å². The van der Waals surface area contributed by atoms with Crippen molar-refractivity contribution in [3.63, 3.8) is 0 Å². The number of nitrogens with one attached hydrogen (secondary N) is 4. The van der Waals surface area contributed by atoms with E-state index >= 15 is 0 Å². The van der Waals surface area contributed by atoms with Gasteiger partial charge in [-0.3, -0.25) is 0 Å². The number of hydrogen-bond donors (Lipinski definition) is 4. The Morgan fingerprint density at radius 2 is 0.500 bits per heavy atom. The highest BCUT2D eigenvalue weighted by Crippen LogP contribution is 2.37. The molecule has 0 amide bonds. The highest BCUT2D eigenvalue weighted by Gasteiger charge is 2.17. The van der Waals surface area contributed by atoms with Gasteiger partial charge >= 0.3 is 0 Å². The fourth-order valence-corrected chi connectivity index (χ4v) is 6.49. The maximum atomic E-state index is 4.96. The number of benzene rings is 6. The monoisotopic (exact) mass is 618 g/mol. The van der Waals surface area contributed by atoms with Crippen molar-refractivity contribution in [2.24, 2.45) is 0 Å². The lowest BCUT2D eigenvalue weighted by Gasteiger charge is -2.11. The van der Waals surface area contributed by atoms with E-state index < -0.39 is 0 Å². The first-order valence-corrected chi connectivity index (χ1v) is 15.8. The quantitative estimate of drug-likeness (QED) is 0.154. The van der Waals surface area contributed by atoms with E-state index in [9.17, 15) is 0 Å². The standard InChI is InChI=1S/C40H26N8/c1-2-10-30-29(9-1)41-37(42-30)25-17-23(18-26(21-25)38-43-31-11-3-4-12-32(31)44-38)24-19-27(39-45-33-13-5-6-14-34(33)46-39)22-28(20-24)40-47-35-15-7-8-16-36(35)48-40/h1-22H,(H,41,42)(H,43,44)(H,45,46)(H,47,48). The van der Waals surface area contributed by atoms with Crippen LogP contribution in [0.5, 0.6) is 0 Å². The van der Waals surface area contributed by atoms with Gasteiger partial charge in [0.25, 0.3) is 0 Å². The predicted octanol–water partition coefficient (Wildman–Crippen LogP) is 9.53. The minimum atomic E-state index is 0.793. The fourth-order valence-electron chi connectivity index (χ4n) is 6.49. The van der Waals surface area contributed by atoms with Gasteiger partial charge < -0.3 is 19.9 Å². The van der Waals surface area contributed by atoms with Crippen molar-refractivity contribution >= 4 is 44.1 Å². The SMILES string of the molecule is c1ccc2[nH]c(-c3cc(-c4cc(-c5nc6ccccc6[nH]5)cc(-c5nc6ccccc6[nH]5)c4)cc(-c4nc5ccccc5[nH]4)c3)nc2c1. The van der Waals surface area contributed by atoms with Gasteiger partial charge in [0, 0.05) is 22.3 Å². The van der Waals surface area contributed by atoms with Crippen molar-refractivity contribution in [2.45, 2.75) is 0 Å². The van der Waals surface area contributed by atoms with Crippen LogP contribution in [-0.4, -0.2) is 39.9 Å². The summed E-state index contributed by atoms with van der Waals surface area (Å²) in [6.07, 6.45) is 0. The Balaban J connectivity index is 1.21. The Kier molecular flexibility index (Phi) is 5.71. The van der Waals surface area contributed by atoms with E-state index in [0.717, 1.165) is 101 Å². The molecule has 0 spiro atoms. The molecule has 4 heterocycles. The van der Waals surface area contributed by atoms with Gasteiger partial charge in [-0.1, -0.05) is 48.5 Å². The number of para-hydroxylation sites is 8. The molecule has 0 aliphatic carbocycles. The van der Waals surface area contributed by atoms with E-state index in [-0.39, 0.29) is 0 Å². The summed E-state index contributed by atoms with van der Waals surface area (Å²) < 4.78 is 0. The molecular weight excluding hydrogens is 592 g/mol. The number of nitrogens with zero attached hydrogens (tertiary/aromatic N) is 4. The van der Waals surface area contributed by atoms with E-state index in [0.29, 0.717) is 0 Å². The summed E-state index contributed by atoms with van der Waals surface area (Å²) in [6, 6.07) is 45.4. The van der Waals surface area contributed by atoms with Crippen LogP contribution in [0, 0.1) is 0 Å². The third-order valence-electron chi connectivity index (χ3n) is 8.85. The summed E-state index contributed by atoms with van der Waals surface area (Å²) in [7, 11) is 0. The lowest BCUT2D eigenvalue weighted by atomic mass is 9.95. The summed E-state index contributed by atoms with van der Waals surface area (Å²) in [6.45, 7) is 0. The minimum absolute atomic E-state index is 0.793. The molecule has 0 saturated heterocycles. The molecule has 48 heavy (non-hydrogen) atoms. The zero-order valence-corrected chi connectivity index (χ0v) is 25.5. The molecule has 226 valence electrons. The van der Waals surface area contributed by atoms with Crippen molar-refractivity contribution in [1.82, 2.24) is 39.9 Å². The molecular formula is C40H26N8. The first-order chi connectivity index (χ1) is 23.7. The summed E-state index contributed by atoms with van der Waals surface area (Å²) in [5.74, 6) is 3.17. The lowest BCUT2D eigenvalue weighted by Crippen LogP contribution is -1.91. The van der Waals surface area contributed by atoms with Crippen LogP contribution >= 0.6 is 0 Å². The van der Waals surface area contributed by atoms with Crippen molar-refractivity contribution in [3.8, 4) is 56.7 Å². The maximum absolute atomic E-state index is 4.96. The van der Waals surface area contributed by atoms with Crippen molar-refractivity contribution in [1.29, 1.82) is 0 Å². The van der Waals surface area contributed by atoms with Crippen LogP contribution in [-0.2, 0) is 0 Å². The number of aromatic nitrogens is 8. The van der Waals surface area contributed by atoms with Crippen molar-refractivity contribution in [3.05, 3.63) is 133 Å². The average molecular weight is 619 g/mol. The Bertz CT molecular complexity index is 2300. The topological polar surface area (TPSA) is 115 Å². The first kappa shape index (κ1) is 26.4. The van der Waals surface area contributed by atoms with E-state index in [1.807, 2.05) is 97.1 Å². The minimum Gasteiger partial charge on any atom is -0.338 e. The zero-order chi connectivity index (χ0) is 31.6. The van der Waals surface area contributed by atoms with Gasteiger partial charge in [0.2, 0.25) is 0 Å². The molecule has 0 aliphatic heterocycles. The van der Waals surface area contributed by atoms with Gasteiger partial charge in [0.05, 0.1) is 44.1 Å². The van der Waals surface area contributed by atoms with E-state index in [1.54, 1.807) is 0 Å². The van der Waals surface area contributed by atoms with Crippen LogP contribution in [0.15, 0.2) is 133 Å². The Hall–Kier alpha value is -6.80. The Morgan fingerprint density at radius 3 is 0.750 bits per heavy atom. The molecule has 4 aromatic heterocycles. The molecule has 0 aliphatic rings. The van der Waals surface area contributed by atoms with Gasteiger partial charge in [-0.15, -0.1) is 0 Å². The first-order valence-electron chi connectivity index (χ1n) is 15.8. The normalized spacial score (nSPS) is 11.8. The molecule has 0 saturated carbocycles. The largest absolute Gasteiger partial charge is 0.338 e. The highest BCUT2D eigenvalue weighted by atomic mass is 14.9. The van der Waals surface area contributed by atoms with Crippen molar-refractivity contribution in [2.75, 3.05) is 0 Å². The molecule has 10 aromatic rings. The van der Waals surface area contributed by atoms with Gasteiger partial charge in [-0.05, 0) is 96.1 Å². The molecule has 0 bridgehead atoms. The third kappa shape index (κ3) is 4.46. The van der Waals surface area contributed by atoms with Gasteiger partial charge in [0.15, 0.2) is 0 Å². The highest BCUT2D eigenvalue weighted by molar-refractivity contribution is 5.89. The number of H-pyrrole nitrogens is 4. The number of hydrogen-bond acceptors (Lipinski definition) is 4. The molecule has 4 N–H and O–H groups in total. The smallest absolute Gasteiger partial charge is 0.138 e. The van der Waals surface area contributed by atoms with Crippen LogP contribution in [0.4, 0.5) is 0 Å². The number of rotatable bonds is 5. The summed E-state index contributed by atoms with van der Waals surface area (Å²) in [4.78, 5) is 33.9. The second kappa shape index (κ2) is 10.4. The number of aromatic amines is 4. The molecule has 8 heteroatoms. The van der Waals surface area contributed by atoms with Crippen LogP contribution in [0.3, 0.4) is 0 Å². The molecule has 0 radical (unpaired) electrons. The molecule has 0 unspecified atom stereocenters. The van der Waals surface area contributed by atoms with Crippen LogP contribution in [0.2, 0.25) is 0 Å². The summed E-state index contributed by atoms with van der Waals surface area (Å²) >= 11 is 0. The molecule has 8 nitrogen and oxygen atoms in total. The van der Waals surface area contributed by atoms with E-state index in [2.05, 4.69) is 56.3 Å². The summed E-state index contributed by atoms with van der Waals surface area (Å²) in [5, 5.41) is 0. The fraction of sp³-hybridized carbons (Fsp3) is 0. The van der Waals surface area contributed by atoms with Crippen molar-refractivity contribution < 1.29 is 0 Å². The van der Waals surface area contributed by atoms with Gasteiger partial charge in [0.1, 0.15) is 23.3 Å². The van der Waals surface area contributed by atoms with Gasteiger partial charge in [-0.2, -0.15) is 0 Å². The lowest BCUT2D eigenvalue weighted by molar-refractivity contribution is 1.30. The van der Waals surface area contributed by atoms with Crippen LogP contribution < -0.4 is 0 Å². The van der Waals surface area contributed by atoms with Crippen LogP contribution in [0.25, 0.3) is 101 Å². The molecule has 10 rings (SSSR count). The zero-order valence-electron chi connectivity index (χ0n) is 25.5. The molecule has 0 atom stereocenters. The average Bonchev–Trinajstić information content (AvgIpc) is 3.94. The predicted molar refractivity (Wildman–Crippen MR) is 192 cm³/mol. The maximum Gasteiger partial charge on any atom is 0.138 e. The Morgan fingerprint density at radius 1 is 0.271 bits per heavy atom. The Labute approximate surface area is 273 Å². The van der Waals surface area contributed by atoms with E-state index in [1.165, 1.54) is 0 Å². The molecule has 6 aromatic carbocycles. The third-order valence-corrected chi connectivity index (χ3v) is 8.85. The molecule has 0 fully saturated rings. The van der Waals surface area contributed by atoms with Crippen LogP contribution in [0.1, 0.15) is 0 Å². The van der Waals surface area contributed by atoms with E-state index in [4.69, 9.17) is 19.9 Å².